The number of aryl methyl sites for hydroxylation is 2. The molecular weight excluding hydrogens is 246 g/mol. The van der Waals surface area contributed by atoms with Crippen molar-refractivity contribution in [3.63, 3.8) is 0 Å². The summed E-state index contributed by atoms with van der Waals surface area (Å²) >= 11 is 0. The second-order valence-corrected chi connectivity index (χ2v) is 5.79. The van der Waals surface area contributed by atoms with Crippen LogP contribution in [0.2, 0.25) is 0 Å². The standard InChI is InChI=1S/C18H19NO/c1-13-7-8-15-9-10-18-19(16(15)11-13)17(12-20-18)14-5-3-2-4-6-14/h2-8,11,17-18H,9-10,12H2,1H3/t17-,18?/m0/s1. The van der Waals surface area contributed by atoms with Gasteiger partial charge in [0.1, 0.15) is 6.23 Å². The van der Waals surface area contributed by atoms with Crippen LogP contribution in [0.3, 0.4) is 0 Å². The molecule has 0 saturated carbocycles. The van der Waals surface area contributed by atoms with E-state index >= 15 is 0 Å². The van der Waals surface area contributed by atoms with Crippen molar-refractivity contribution < 1.29 is 4.74 Å². The lowest BCUT2D eigenvalue weighted by Crippen LogP contribution is -2.36. The Balaban J connectivity index is 1.79. The molecule has 102 valence electrons. The van der Waals surface area contributed by atoms with Gasteiger partial charge in [-0.2, -0.15) is 0 Å². The number of hydrogen-bond acceptors (Lipinski definition) is 2. The van der Waals surface area contributed by atoms with Crippen molar-refractivity contribution >= 4 is 5.69 Å². The van der Waals surface area contributed by atoms with E-state index in [1.54, 1.807) is 0 Å². The van der Waals surface area contributed by atoms with Crippen LogP contribution >= 0.6 is 0 Å². The van der Waals surface area contributed by atoms with Crippen molar-refractivity contribution in [2.24, 2.45) is 0 Å². The Morgan fingerprint density at radius 2 is 1.95 bits per heavy atom. The van der Waals surface area contributed by atoms with E-state index < -0.39 is 0 Å². The molecule has 2 aliphatic heterocycles. The van der Waals surface area contributed by atoms with E-state index in [9.17, 15) is 0 Å². The predicted octanol–water partition coefficient (Wildman–Crippen LogP) is 3.85. The van der Waals surface area contributed by atoms with Crippen molar-refractivity contribution in [3.05, 3.63) is 65.2 Å². The highest BCUT2D eigenvalue weighted by atomic mass is 16.5. The van der Waals surface area contributed by atoms with Crippen LogP contribution in [0.4, 0.5) is 5.69 Å². The molecule has 2 heterocycles. The molecule has 2 nitrogen and oxygen atoms in total. The average molecular weight is 265 g/mol. The molecule has 0 bridgehead atoms. The minimum Gasteiger partial charge on any atom is -0.356 e. The van der Waals surface area contributed by atoms with Gasteiger partial charge in [-0.05, 0) is 42.5 Å². The fourth-order valence-corrected chi connectivity index (χ4v) is 3.45. The fourth-order valence-electron chi connectivity index (χ4n) is 3.45. The molecule has 1 fully saturated rings. The summed E-state index contributed by atoms with van der Waals surface area (Å²) in [7, 11) is 0. The molecule has 0 amide bonds. The third-order valence-electron chi connectivity index (χ3n) is 4.46. The number of nitrogens with zero attached hydrogens (tertiary/aromatic N) is 1. The molecule has 2 aliphatic rings. The second kappa shape index (κ2) is 4.64. The first-order chi connectivity index (χ1) is 9.83. The monoisotopic (exact) mass is 265 g/mol. The predicted molar refractivity (Wildman–Crippen MR) is 80.9 cm³/mol. The molecule has 20 heavy (non-hydrogen) atoms. The van der Waals surface area contributed by atoms with Crippen LogP contribution in [0.15, 0.2) is 48.5 Å². The molecule has 2 heteroatoms. The summed E-state index contributed by atoms with van der Waals surface area (Å²) in [6, 6.07) is 17.9. The first-order valence-corrected chi connectivity index (χ1v) is 7.37. The smallest absolute Gasteiger partial charge is 0.131 e. The van der Waals surface area contributed by atoms with Crippen molar-refractivity contribution in [1.82, 2.24) is 0 Å². The Bertz CT molecular complexity index is 623. The Morgan fingerprint density at radius 1 is 1.10 bits per heavy atom. The summed E-state index contributed by atoms with van der Waals surface area (Å²) in [5.74, 6) is 0. The third-order valence-corrected chi connectivity index (χ3v) is 4.46. The maximum absolute atomic E-state index is 6.05. The number of rotatable bonds is 1. The first-order valence-electron chi connectivity index (χ1n) is 7.37. The van der Waals surface area contributed by atoms with Crippen LogP contribution in [0, 0.1) is 6.92 Å². The molecule has 0 aromatic heterocycles. The van der Waals surface area contributed by atoms with E-state index in [-0.39, 0.29) is 6.23 Å². The molecule has 2 aromatic carbocycles. The summed E-state index contributed by atoms with van der Waals surface area (Å²) in [5, 5.41) is 0. The van der Waals surface area contributed by atoms with Gasteiger partial charge in [0.05, 0.1) is 12.6 Å². The van der Waals surface area contributed by atoms with Gasteiger partial charge in [0.25, 0.3) is 0 Å². The van der Waals surface area contributed by atoms with E-state index in [2.05, 4.69) is 60.4 Å². The average Bonchev–Trinajstić information content (AvgIpc) is 2.92. The molecule has 1 unspecified atom stereocenters. The zero-order valence-corrected chi connectivity index (χ0v) is 11.8. The second-order valence-electron chi connectivity index (χ2n) is 5.79. The van der Waals surface area contributed by atoms with Gasteiger partial charge >= 0.3 is 0 Å². The summed E-state index contributed by atoms with van der Waals surface area (Å²) in [6.45, 7) is 2.96. The van der Waals surface area contributed by atoms with Crippen molar-refractivity contribution in [3.8, 4) is 0 Å². The van der Waals surface area contributed by atoms with Crippen molar-refractivity contribution in [2.45, 2.75) is 32.0 Å². The van der Waals surface area contributed by atoms with Crippen LogP contribution in [-0.2, 0) is 11.2 Å². The summed E-state index contributed by atoms with van der Waals surface area (Å²) in [5.41, 5.74) is 5.50. The highest BCUT2D eigenvalue weighted by Gasteiger charge is 2.38. The van der Waals surface area contributed by atoms with E-state index in [0.29, 0.717) is 6.04 Å². The molecule has 0 N–H and O–H groups in total. The van der Waals surface area contributed by atoms with Crippen molar-refractivity contribution in [1.29, 1.82) is 0 Å². The SMILES string of the molecule is Cc1ccc2c(c1)N1C(CC2)OC[C@H]1c1ccccc1. The van der Waals surface area contributed by atoms with Gasteiger partial charge in [-0.3, -0.25) is 0 Å². The molecule has 2 aromatic rings. The lowest BCUT2D eigenvalue weighted by molar-refractivity contribution is 0.101. The Labute approximate surface area is 120 Å². The van der Waals surface area contributed by atoms with Crippen LogP contribution in [0.25, 0.3) is 0 Å². The first kappa shape index (κ1) is 12.0. The fraction of sp³-hybridized carbons (Fsp3) is 0.333. The molecule has 2 atom stereocenters. The third kappa shape index (κ3) is 1.83. The molecule has 4 rings (SSSR count). The van der Waals surface area contributed by atoms with Crippen molar-refractivity contribution in [2.75, 3.05) is 11.5 Å². The minimum atomic E-state index is 0.245. The molecule has 0 spiro atoms. The Kier molecular flexibility index (Phi) is 2.78. The van der Waals surface area contributed by atoms with E-state index in [0.717, 1.165) is 19.4 Å². The highest BCUT2D eigenvalue weighted by Crippen LogP contribution is 2.42. The van der Waals surface area contributed by atoms with Gasteiger partial charge < -0.3 is 9.64 Å². The van der Waals surface area contributed by atoms with E-state index in [1.807, 2.05) is 0 Å². The number of fused-ring (bicyclic) bond motifs is 3. The zero-order chi connectivity index (χ0) is 13.5. The lowest BCUT2D eigenvalue weighted by atomic mass is 9.96. The van der Waals surface area contributed by atoms with Crippen LogP contribution in [-0.4, -0.2) is 12.8 Å². The van der Waals surface area contributed by atoms with Gasteiger partial charge in [0, 0.05) is 5.69 Å². The summed E-state index contributed by atoms with van der Waals surface area (Å²) in [6.07, 6.45) is 2.46. The maximum atomic E-state index is 6.05. The van der Waals surface area contributed by atoms with Crippen LogP contribution < -0.4 is 4.90 Å². The molecule has 0 aliphatic carbocycles. The van der Waals surface area contributed by atoms with Gasteiger partial charge in [-0.1, -0.05) is 42.5 Å². The largest absolute Gasteiger partial charge is 0.356 e. The topological polar surface area (TPSA) is 12.5 Å². The number of ether oxygens (including phenoxy) is 1. The summed E-state index contributed by atoms with van der Waals surface area (Å²) < 4.78 is 6.05. The number of benzene rings is 2. The quantitative estimate of drug-likeness (QED) is 0.776. The Hall–Kier alpha value is -1.80. The Morgan fingerprint density at radius 3 is 2.80 bits per heavy atom. The van der Waals surface area contributed by atoms with Crippen LogP contribution in [0.1, 0.15) is 29.2 Å². The van der Waals surface area contributed by atoms with Gasteiger partial charge in [-0.15, -0.1) is 0 Å². The lowest BCUT2D eigenvalue weighted by Gasteiger charge is -2.36. The zero-order valence-electron chi connectivity index (χ0n) is 11.8. The van der Waals surface area contributed by atoms with E-state index in [4.69, 9.17) is 4.74 Å². The normalized spacial score (nSPS) is 24.4. The van der Waals surface area contributed by atoms with Gasteiger partial charge in [-0.25, -0.2) is 0 Å². The highest BCUT2D eigenvalue weighted by molar-refractivity contribution is 5.60. The van der Waals surface area contributed by atoms with Gasteiger partial charge in [0.2, 0.25) is 0 Å². The number of anilines is 1. The van der Waals surface area contributed by atoms with E-state index in [1.165, 1.54) is 22.4 Å². The van der Waals surface area contributed by atoms with Crippen LogP contribution in [0.5, 0.6) is 0 Å². The molecule has 0 radical (unpaired) electrons. The maximum Gasteiger partial charge on any atom is 0.131 e. The number of hydrogen-bond donors (Lipinski definition) is 0. The molecule has 1 saturated heterocycles. The van der Waals surface area contributed by atoms with Gasteiger partial charge in [0.15, 0.2) is 0 Å². The minimum absolute atomic E-state index is 0.245. The molecular formula is C18H19NO. The summed E-state index contributed by atoms with van der Waals surface area (Å²) in [4.78, 5) is 2.49.